The lowest BCUT2D eigenvalue weighted by Crippen LogP contribution is -2.41. The van der Waals surface area contributed by atoms with Crippen LogP contribution in [0.3, 0.4) is 0 Å². The average molecular weight is 290 g/mol. The van der Waals surface area contributed by atoms with E-state index < -0.39 is 5.60 Å². The number of benzene rings is 1. The molecule has 5 heteroatoms. The van der Waals surface area contributed by atoms with E-state index in [1.54, 1.807) is 6.07 Å². The fourth-order valence-corrected chi connectivity index (χ4v) is 2.29. The third-order valence-electron chi connectivity index (χ3n) is 3.26. The molecule has 0 spiro atoms. The van der Waals surface area contributed by atoms with E-state index in [0.29, 0.717) is 36.2 Å². The topological polar surface area (TPSA) is 41.5 Å². The van der Waals surface area contributed by atoms with Gasteiger partial charge in [0.25, 0.3) is 0 Å². The molecule has 2 atom stereocenters. The molecule has 1 aliphatic heterocycles. The standard InChI is InChI=1S/C13H17Cl2NO2/c1-9(10-2-3-11(14)12(15)6-10)16-7-13(17)4-5-18-8-13/h2-3,6,9,16-17H,4-5,7-8H2,1H3. The Hall–Kier alpha value is -0.320. The van der Waals surface area contributed by atoms with Crippen LogP contribution in [0.2, 0.25) is 10.0 Å². The van der Waals surface area contributed by atoms with Crippen LogP contribution in [0.15, 0.2) is 18.2 Å². The first-order valence-corrected chi connectivity index (χ1v) is 6.74. The van der Waals surface area contributed by atoms with Crippen molar-refractivity contribution < 1.29 is 9.84 Å². The van der Waals surface area contributed by atoms with Crippen LogP contribution in [0.4, 0.5) is 0 Å². The highest BCUT2D eigenvalue weighted by Gasteiger charge is 2.32. The van der Waals surface area contributed by atoms with Gasteiger partial charge in [-0.15, -0.1) is 0 Å². The quantitative estimate of drug-likeness (QED) is 0.896. The van der Waals surface area contributed by atoms with Crippen molar-refractivity contribution in [3.63, 3.8) is 0 Å². The van der Waals surface area contributed by atoms with E-state index in [9.17, 15) is 5.11 Å². The van der Waals surface area contributed by atoms with Gasteiger partial charge in [-0.1, -0.05) is 29.3 Å². The largest absolute Gasteiger partial charge is 0.386 e. The maximum absolute atomic E-state index is 10.2. The zero-order valence-electron chi connectivity index (χ0n) is 10.2. The summed E-state index contributed by atoms with van der Waals surface area (Å²) >= 11 is 11.9. The van der Waals surface area contributed by atoms with Crippen LogP contribution in [0.5, 0.6) is 0 Å². The van der Waals surface area contributed by atoms with Gasteiger partial charge in [-0.05, 0) is 24.6 Å². The van der Waals surface area contributed by atoms with Gasteiger partial charge in [-0.3, -0.25) is 0 Å². The molecule has 1 heterocycles. The lowest BCUT2D eigenvalue weighted by molar-refractivity contribution is 0.0252. The van der Waals surface area contributed by atoms with Crippen molar-refractivity contribution in [2.24, 2.45) is 0 Å². The van der Waals surface area contributed by atoms with Gasteiger partial charge in [-0.25, -0.2) is 0 Å². The molecule has 0 aliphatic carbocycles. The number of ether oxygens (including phenoxy) is 1. The van der Waals surface area contributed by atoms with Gasteiger partial charge in [0.2, 0.25) is 0 Å². The molecule has 1 aromatic rings. The second-order valence-electron chi connectivity index (χ2n) is 4.80. The summed E-state index contributed by atoms with van der Waals surface area (Å²) in [6.45, 7) is 3.56. The predicted octanol–water partition coefficient (Wildman–Crippen LogP) is 2.80. The maximum atomic E-state index is 10.2. The first kappa shape index (κ1) is 14.1. The third-order valence-corrected chi connectivity index (χ3v) is 4.00. The number of hydrogen-bond acceptors (Lipinski definition) is 3. The van der Waals surface area contributed by atoms with Crippen LogP contribution >= 0.6 is 23.2 Å². The Morgan fingerprint density at radius 1 is 1.44 bits per heavy atom. The van der Waals surface area contributed by atoms with Crippen LogP contribution in [-0.4, -0.2) is 30.5 Å². The Bertz CT molecular complexity index is 419. The zero-order chi connectivity index (χ0) is 13.2. The van der Waals surface area contributed by atoms with Gasteiger partial charge in [0, 0.05) is 25.6 Å². The summed E-state index contributed by atoms with van der Waals surface area (Å²) in [5.41, 5.74) is 0.303. The van der Waals surface area contributed by atoms with Crippen molar-refractivity contribution in [2.75, 3.05) is 19.8 Å². The molecule has 0 amide bonds. The highest BCUT2D eigenvalue weighted by atomic mass is 35.5. The molecule has 0 radical (unpaired) electrons. The van der Waals surface area contributed by atoms with Crippen LogP contribution < -0.4 is 5.32 Å². The van der Waals surface area contributed by atoms with E-state index in [0.717, 1.165) is 5.56 Å². The monoisotopic (exact) mass is 289 g/mol. The van der Waals surface area contributed by atoms with E-state index >= 15 is 0 Å². The van der Waals surface area contributed by atoms with E-state index in [-0.39, 0.29) is 6.04 Å². The third kappa shape index (κ3) is 3.37. The Morgan fingerprint density at radius 2 is 2.22 bits per heavy atom. The molecule has 1 aliphatic rings. The molecule has 100 valence electrons. The zero-order valence-corrected chi connectivity index (χ0v) is 11.8. The normalized spacial score (nSPS) is 25.3. The first-order chi connectivity index (χ1) is 8.50. The van der Waals surface area contributed by atoms with Gasteiger partial charge in [0.1, 0.15) is 5.60 Å². The Kier molecular flexibility index (Phi) is 4.51. The Balaban J connectivity index is 1.94. The van der Waals surface area contributed by atoms with Gasteiger partial charge in [0.05, 0.1) is 16.7 Å². The fourth-order valence-electron chi connectivity index (χ4n) is 1.98. The Labute approximate surface area is 117 Å². The molecule has 0 saturated carbocycles. The minimum Gasteiger partial charge on any atom is -0.386 e. The second kappa shape index (κ2) is 5.76. The van der Waals surface area contributed by atoms with E-state index in [4.69, 9.17) is 27.9 Å². The van der Waals surface area contributed by atoms with Crippen molar-refractivity contribution in [1.29, 1.82) is 0 Å². The van der Waals surface area contributed by atoms with Crippen molar-refractivity contribution in [3.8, 4) is 0 Å². The molecular weight excluding hydrogens is 273 g/mol. The summed E-state index contributed by atoms with van der Waals surface area (Å²) in [6.07, 6.45) is 0.675. The van der Waals surface area contributed by atoms with Gasteiger partial charge >= 0.3 is 0 Å². The summed E-state index contributed by atoms with van der Waals surface area (Å²) in [4.78, 5) is 0. The maximum Gasteiger partial charge on any atom is 0.103 e. The first-order valence-electron chi connectivity index (χ1n) is 5.99. The molecule has 0 bridgehead atoms. The van der Waals surface area contributed by atoms with Crippen LogP contribution in [0.1, 0.15) is 24.9 Å². The molecule has 2 N–H and O–H groups in total. The molecule has 3 nitrogen and oxygen atoms in total. The summed E-state index contributed by atoms with van der Waals surface area (Å²) in [7, 11) is 0. The molecule has 0 aromatic heterocycles. The minimum absolute atomic E-state index is 0.101. The number of nitrogens with one attached hydrogen (secondary N) is 1. The molecule has 18 heavy (non-hydrogen) atoms. The van der Waals surface area contributed by atoms with Gasteiger partial charge in [-0.2, -0.15) is 0 Å². The summed E-state index contributed by atoms with van der Waals surface area (Å²) in [6, 6.07) is 5.66. The second-order valence-corrected chi connectivity index (χ2v) is 5.62. The molecular formula is C13H17Cl2NO2. The molecule has 2 unspecified atom stereocenters. The minimum atomic E-state index is -0.746. The van der Waals surface area contributed by atoms with Crippen LogP contribution in [0, 0.1) is 0 Å². The van der Waals surface area contributed by atoms with E-state index in [1.165, 1.54) is 0 Å². The number of aliphatic hydroxyl groups is 1. The number of hydrogen-bond donors (Lipinski definition) is 2. The highest BCUT2D eigenvalue weighted by molar-refractivity contribution is 6.42. The van der Waals surface area contributed by atoms with E-state index in [1.807, 2.05) is 19.1 Å². The Morgan fingerprint density at radius 3 is 2.83 bits per heavy atom. The molecule has 1 fully saturated rings. The fraction of sp³-hybridized carbons (Fsp3) is 0.538. The van der Waals surface area contributed by atoms with Crippen molar-refractivity contribution in [1.82, 2.24) is 5.32 Å². The van der Waals surface area contributed by atoms with Crippen molar-refractivity contribution in [2.45, 2.75) is 25.0 Å². The summed E-state index contributed by atoms with van der Waals surface area (Å²) in [5.74, 6) is 0. The molecule has 1 aromatic carbocycles. The van der Waals surface area contributed by atoms with E-state index in [2.05, 4.69) is 5.32 Å². The smallest absolute Gasteiger partial charge is 0.103 e. The van der Waals surface area contributed by atoms with Gasteiger partial charge < -0.3 is 15.2 Å². The van der Waals surface area contributed by atoms with Crippen molar-refractivity contribution >= 4 is 23.2 Å². The van der Waals surface area contributed by atoms with Crippen LogP contribution in [0.25, 0.3) is 0 Å². The van der Waals surface area contributed by atoms with Gasteiger partial charge in [0.15, 0.2) is 0 Å². The number of halogens is 2. The molecule has 1 saturated heterocycles. The summed E-state index contributed by atoms with van der Waals surface area (Å²) < 4.78 is 5.20. The summed E-state index contributed by atoms with van der Waals surface area (Å²) in [5, 5.41) is 14.5. The SMILES string of the molecule is CC(NCC1(O)CCOC1)c1ccc(Cl)c(Cl)c1. The number of rotatable bonds is 4. The van der Waals surface area contributed by atoms with Crippen LogP contribution in [-0.2, 0) is 4.74 Å². The average Bonchev–Trinajstić information content (AvgIpc) is 2.77. The lowest BCUT2D eigenvalue weighted by atomic mass is 10.0. The lowest BCUT2D eigenvalue weighted by Gasteiger charge is -2.24. The molecule has 2 rings (SSSR count). The highest BCUT2D eigenvalue weighted by Crippen LogP contribution is 2.26. The van der Waals surface area contributed by atoms with Crippen molar-refractivity contribution in [3.05, 3.63) is 33.8 Å². The predicted molar refractivity (Wildman–Crippen MR) is 73.3 cm³/mol.